The van der Waals surface area contributed by atoms with Gasteiger partial charge in [0.25, 0.3) is 0 Å². The molecule has 3 aromatic heterocycles. The van der Waals surface area contributed by atoms with Crippen molar-refractivity contribution in [1.29, 1.82) is 0 Å². The zero-order valence-corrected chi connectivity index (χ0v) is 18.7. The molecule has 1 aliphatic heterocycles. The Morgan fingerprint density at radius 3 is 2.88 bits per heavy atom. The SMILES string of the molecule is CC(C)c1cc(Nc2nc(N3CCC[C@H]3C(=O)Nc3ccc(F)nc3)nc3c2CCC3)n[nH]1. The minimum atomic E-state index is -0.584. The molecular weight excluding hydrogens is 423 g/mol. The third kappa shape index (κ3) is 4.37. The highest BCUT2D eigenvalue weighted by atomic mass is 19.1. The van der Waals surface area contributed by atoms with Crippen LogP contribution < -0.4 is 15.5 Å². The number of nitrogens with zero attached hydrogens (tertiary/aromatic N) is 5. The third-order valence-corrected chi connectivity index (χ3v) is 6.19. The molecule has 0 bridgehead atoms. The lowest BCUT2D eigenvalue weighted by atomic mass is 10.1. The Bertz CT molecular complexity index is 1160. The largest absolute Gasteiger partial charge is 0.329 e. The summed E-state index contributed by atoms with van der Waals surface area (Å²) >= 11 is 0. The molecule has 4 heterocycles. The van der Waals surface area contributed by atoms with Gasteiger partial charge in [-0.15, -0.1) is 0 Å². The number of aromatic amines is 1. The van der Waals surface area contributed by atoms with Gasteiger partial charge in [-0.25, -0.2) is 9.97 Å². The second-order valence-electron chi connectivity index (χ2n) is 8.85. The van der Waals surface area contributed by atoms with E-state index in [1.807, 2.05) is 11.0 Å². The number of carbonyl (C=O) groups excluding carboxylic acids is 1. The van der Waals surface area contributed by atoms with E-state index in [0.717, 1.165) is 54.3 Å². The Balaban J connectivity index is 1.40. The summed E-state index contributed by atoms with van der Waals surface area (Å²) in [4.78, 5) is 28.2. The van der Waals surface area contributed by atoms with E-state index in [4.69, 9.17) is 9.97 Å². The molecular formula is C23H27FN8O. The molecule has 3 aromatic rings. The van der Waals surface area contributed by atoms with Gasteiger partial charge in [0, 0.05) is 23.9 Å². The van der Waals surface area contributed by atoms with Gasteiger partial charge < -0.3 is 15.5 Å². The number of aromatic nitrogens is 5. The quantitative estimate of drug-likeness (QED) is 0.491. The number of aryl methyl sites for hydroxylation is 1. The molecule has 1 aliphatic carbocycles. The number of rotatable bonds is 6. The minimum absolute atomic E-state index is 0.173. The standard InChI is InChI=1S/C23H27FN8O/c1-13(2)17-11-20(31-30-17)28-21-15-5-3-6-16(15)27-23(29-21)32-10-4-7-18(32)22(33)26-14-8-9-19(24)25-12-14/h8-9,11-13,18H,3-7,10H2,1-2H3,(H,26,33)(H2,27,28,29,30,31)/t18-/m0/s1. The smallest absolute Gasteiger partial charge is 0.247 e. The predicted octanol–water partition coefficient (Wildman–Crippen LogP) is 3.70. The van der Waals surface area contributed by atoms with E-state index in [9.17, 15) is 9.18 Å². The van der Waals surface area contributed by atoms with Crippen LogP contribution >= 0.6 is 0 Å². The zero-order valence-electron chi connectivity index (χ0n) is 18.7. The van der Waals surface area contributed by atoms with Crippen molar-refractivity contribution < 1.29 is 9.18 Å². The first-order valence-electron chi connectivity index (χ1n) is 11.4. The topological polar surface area (TPSA) is 112 Å². The Kier molecular flexibility index (Phi) is 5.65. The van der Waals surface area contributed by atoms with Crippen LogP contribution in [-0.2, 0) is 17.6 Å². The predicted molar refractivity (Wildman–Crippen MR) is 123 cm³/mol. The van der Waals surface area contributed by atoms with Crippen molar-refractivity contribution in [3.63, 3.8) is 0 Å². The van der Waals surface area contributed by atoms with E-state index in [2.05, 4.69) is 39.7 Å². The van der Waals surface area contributed by atoms with Crippen LogP contribution in [-0.4, -0.2) is 43.6 Å². The monoisotopic (exact) mass is 450 g/mol. The maximum absolute atomic E-state index is 13.1. The van der Waals surface area contributed by atoms with Gasteiger partial charge in [0.05, 0.1) is 17.6 Å². The van der Waals surface area contributed by atoms with Crippen LogP contribution in [0.15, 0.2) is 24.4 Å². The Labute approximate surface area is 191 Å². The Morgan fingerprint density at radius 2 is 2.12 bits per heavy atom. The molecule has 0 radical (unpaired) electrons. The van der Waals surface area contributed by atoms with Gasteiger partial charge in [0.15, 0.2) is 5.82 Å². The number of halogens is 1. The van der Waals surface area contributed by atoms with Gasteiger partial charge in [-0.1, -0.05) is 13.8 Å². The molecule has 10 heteroatoms. The lowest BCUT2D eigenvalue weighted by Gasteiger charge is -2.25. The van der Waals surface area contributed by atoms with E-state index < -0.39 is 12.0 Å². The average Bonchev–Trinajstić information content (AvgIpc) is 3.55. The summed E-state index contributed by atoms with van der Waals surface area (Å²) in [6.45, 7) is 4.91. The number of anilines is 4. The molecule has 2 aliphatic rings. The molecule has 1 atom stereocenters. The van der Waals surface area contributed by atoms with Crippen LogP contribution in [0.25, 0.3) is 0 Å². The summed E-state index contributed by atoms with van der Waals surface area (Å²) in [6.07, 6.45) is 5.71. The number of H-pyrrole nitrogens is 1. The minimum Gasteiger partial charge on any atom is -0.329 e. The van der Waals surface area contributed by atoms with E-state index in [1.54, 1.807) is 0 Å². The van der Waals surface area contributed by atoms with Gasteiger partial charge >= 0.3 is 0 Å². The van der Waals surface area contributed by atoms with Crippen LogP contribution in [0.4, 0.5) is 27.7 Å². The van der Waals surface area contributed by atoms with Gasteiger partial charge in [-0.05, 0) is 50.2 Å². The Hall–Kier alpha value is -3.56. The molecule has 1 amide bonds. The second-order valence-corrected chi connectivity index (χ2v) is 8.85. The lowest BCUT2D eigenvalue weighted by molar-refractivity contribution is -0.117. The molecule has 3 N–H and O–H groups in total. The maximum Gasteiger partial charge on any atom is 0.247 e. The first kappa shape index (κ1) is 21.3. The van der Waals surface area contributed by atoms with E-state index >= 15 is 0 Å². The normalized spacial score (nSPS) is 17.5. The molecule has 0 unspecified atom stereocenters. The molecule has 5 rings (SSSR count). The highest BCUT2D eigenvalue weighted by Gasteiger charge is 2.34. The summed E-state index contributed by atoms with van der Waals surface area (Å²) in [6, 6.07) is 4.32. The van der Waals surface area contributed by atoms with E-state index in [0.29, 0.717) is 30.5 Å². The van der Waals surface area contributed by atoms with Crippen molar-refractivity contribution in [2.24, 2.45) is 0 Å². The summed E-state index contributed by atoms with van der Waals surface area (Å²) < 4.78 is 13.1. The molecule has 1 saturated heterocycles. The number of amides is 1. The van der Waals surface area contributed by atoms with Gasteiger partial charge in [-0.3, -0.25) is 9.89 Å². The molecule has 0 aromatic carbocycles. The first-order valence-corrected chi connectivity index (χ1v) is 11.4. The zero-order chi connectivity index (χ0) is 22.9. The molecule has 0 saturated carbocycles. The molecule has 0 spiro atoms. The molecule has 9 nitrogen and oxygen atoms in total. The summed E-state index contributed by atoms with van der Waals surface area (Å²) in [5.41, 5.74) is 3.65. The van der Waals surface area contributed by atoms with Crippen LogP contribution in [0, 0.1) is 5.95 Å². The van der Waals surface area contributed by atoms with Crippen molar-refractivity contribution in [3.8, 4) is 0 Å². The van der Waals surface area contributed by atoms with Crippen LogP contribution in [0.5, 0.6) is 0 Å². The second kappa shape index (κ2) is 8.76. The average molecular weight is 451 g/mol. The Morgan fingerprint density at radius 1 is 1.24 bits per heavy atom. The first-order chi connectivity index (χ1) is 16.0. The van der Waals surface area contributed by atoms with Crippen molar-refractivity contribution in [2.45, 2.75) is 57.9 Å². The summed E-state index contributed by atoms with van der Waals surface area (Å²) in [5, 5.41) is 13.6. The number of hydrogen-bond acceptors (Lipinski definition) is 7. The number of fused-ring (bicyclic) bond motifs is 1. The number of carbonyl (C=O) groups is 1. The molecule has 33 heavy (non-hydrogen) atoms. The van der Waals surface area contributed by atoms with Crippen molar-refractivity contribution in [1.82, 2.24) is 25.1 Å². The summed E-state index contributed by atoms with van der Waals surface area (Å²) in [5.74, 6) is 1.61. The van der Waals surface area contributed by atoms with Gasteiger partial charge in [0.1, 0.15) is 11.9 Å². The lowest BCUT2D eigenvalue weighted by Crippen LogP contribution is -2.40. The number of nitrogens with one attached hydrogen (secondary N) is 3. The highest BCUT2D eigenvalue weighted by Crippen LogP contribution is 2.33. The fourth-order valence-corrected chi connectivity index (χ4v) is 4.42. The highest BCUT2D eigenvalue weighted by molar-refractivity contribution is 5.96. The number of pyridine rings is 1. The van der Waals surface area contributed by atoms with Gasteiger partial charge in [0.2, 0.25) is 17.8 Å². The van der Waals surface area contributed by atoms with Crippen molar-refractivity contribution >= 4 is 29.2 Å². The maximum atomic E-state index is 13.1. The van der Waals surface area contributed by atoms with Crippen LogP contribution in [0.2, 0.25) is 0 Å². The van der Waals surface area contributed by atoms with Gasteiger partial charge in [-0.2, -0.15) is 14.5 Å². The molecule has 172 valence electrons. The summed E-state index contributed by atoms with van der Waals surface area (Å²) in [7, 11) is 0. The molecule has 1 fully saturated rings. The van der Waals surface area contributed by atoms with Crippen LogP contribution in [0.1, 0.15) is 56.0 Å². The van der Waals surface area contributed by atoms with E-state index in [1.165, 1.54) is 18.3 Å². The van der Waals surface area contributed by atoms with Crippen LogP contribution in [0.3, 0.4) is 0 Å². The number of hydrogen-bond donors (Lipinski definition) is 3. The third-order valence-electron chi connectivity index (χ3n) is 6.19. The van der Waals surface area contributed by atoms with E-state index in [-0.39, 0.29) is 5.91 Å². The fraction of sp³-hybridized carbons (Fsp3) is 0.435. The fourth-order valence-electron chi connectivity index (χ4n) is 4.42. The van der Waals surface area contributed by atoms with Crippen molar-refractivity contribution in [3.05, 3.63) is 47.3 Å². The van der Waals surface area contributed by atoms with Crippen molar-refractivity contribution in [2.75, 3.05) is 22.1 Å².